The second-order valence-electron chi connectivity index (χ2n) is 6.24. The van der Waals surface area contributed by atoms with Gasteiger partial charge >= 0.3 is 5.97 Å². The third-order valence-electron chi connectivity index (χ3n) is 4.07. The molecule has 2 heterocycles. The maximum absolute atomic E-state index is 13.7. The Labute approximate surface area is 163 Å². The van der Waals surface area contributed by atoms with Crippen molar-refractivity contribution in [2.24, 2.45) is 0 Å². The molecule has 3 aromatic rings. The van der Waals surface area contributed by atoms with Crippen LogP contribution in [0.2, 0.25) is 0 Å². The van der Waals surface area contributed by atoms with Crippen LogP contribution in [0.3, 0.4) is 0 Å². The molecule has 0 unspecified atom stereocenters. The highest BCUT2D eigenvalue weighted by molar-refractivity contribution is 7.21. The van der Waals surface area contributed by atoms with E-state index < -0.39 is 35.3 Å². The number of anilines is 2. The van der Waals surface area contributed by atoms with Crippen molar-refractivity contribution in [3.05, 3.63) is 52.0 Å². The molecule has 0 fully saturated rings. The van der Waals surface area contributed by atoms with E-state index in [9.17, 15) is 18.4 Å². The summed E-state index contributed by atoms with van der Waals surface area (Å²) >= 11 is 1.06. The minimum atomic E-state index is -1.30. The van der Waals surface area contributed by atoms with Gasteiger partial charge in [0, 0.05) is 11.1 Å². The number of para-hydroxylation sites is 1. The maximum atomic E-state index is 13.7. The van der Waals surface area contributed by atoms with E-state index in [2.05, 4.69) is 10.3 Å². The Morgan fingerprint density at radius 2 is 1.89 bits per heavy atom. The smallest absolute Gasteiger partial charge is 0.351 e. The number of hydrogen-bond acceptors (Lipinski definition) is 6. The summed E-state index contributed by atoms with van der Waals surface area (Å²) in [4.78, 5) is 29.7. The number of halogens is 2. The Hall–Kier alpha value is -3.07. The summed E-state index contributed by atoms with van der Waals surface area (Å²) in [6.07, 6.45) is -1.30. The van der Waals surface area contributed by atoms with Crippen LogP contribution in [-0.4, -0.2) is 23.0 Å². The zero-order valence-electron chi connectivity index (χ0n) is 15.3. The van der Waals surface area contributed by atoms with Gasteiger partial charge in [-0.3, -0.25) is 4.79 Å². The molecule has 1 atom stereocenters. The Bertz CT molecular complexity index is 1080. The lowest BCUT2D eigenvalue weighted by Crippen LogP contribution is -2.30. The van der Waals surface area contributed by atoms with Gasteiger partial charge in [0.25, 0.3) is 5.91 Å². The molecule has 3 rings (SSSR count). The van der Waals surface area contributed by atoms with Crippen molar-refractivity contribution in [1.82, 2.24) is 4.98 Å². The second-order valence-corrected chi connectivity index (χ2v) is 7.24. The Morgan fingerprint density at radius 1 is 1.25 bits per heavy atom. The molecule has 0 saturated carbocycles. The maximum Gasteiger partial charge on any atom is 0.351 e. The molecule has 0 spiro atoms. The summed E-state index contributed by atoms with van der Waals surface area (Å²) in [7, 11) is 0. The molecule has 0 bridgehead atoms. The first-order valence-corrected chi connectivity index (χ1v) is 9.12. The number of benzene rings is 1. The number of aryl methyl sites for hydroxylation is 2. The van der Waals surface area contributed by atoms with Gasteiger partial charge in [0.2, 0.25) is 0 Å². The highest BCUT2D eigenvalue weighted by Crippen LogP contribution is 2.35. The fourth-order valence-electron chi connectivity index (χ4n) is 2.73. The third-order valence-corrected chi connectivity index (χ3v) is 5.15. The van der Waals surface area contributed by atoms with Crippen LogP contribution >= 0.6 is 11.3 Å². The van der Waals surface area contributed by atoms with E-state index in [1.54, 1.807) is 0 Å². The van der Waals surface area contributed by atoms with Gasteiger partial charge in [-0.2, -0.15) is 0 Å². The highest BCUT2D eigenvalue weighted by Gasteiger charge is 2.25. The lowest BCUT2D eigenvalue weighted by Gasteiger charge is -2.14. The Balaban J connectivity index is 1.79. The number of carbonyl (C=O) groups excluding carboxylic acids is 2. The predicted molar refractivity (Wildman–Crippen MR) is 103 cm³/mol. The number of nitrogens with zero attached hydrogens (tertiary/aromatic N) is 1. The van der Waals surface area contributed by atoms with Crippen LogP contribution in [0.25, 0.3) is 10.2 Å². The predicted octanol–water partition coefficient (Wildman–Crippen LogP) is 3.96. The van der Waals surface area contributed by atoms with Gasteiger partial charge in [0.05, 0.1) is 5.69 Å². The van der Waals surface area contributed by atoms with Crippen LogP contribution in [-0.2, 0) is 9.53 Å². The number of nitrogen functional groups attached to an aromatic ring is 1. The molecule has 2 aromatic heterocycles. The van der Waals surface area contributed by atoms with Crippen molar-refractivity contribution < 1.29 is 23.1 Å². The number of hydrogen-bond donors (Lipinski definition) is 2. The summed E-state index contributed by atoms with van der Waals surface area (Å²) in [5.41, 5.74) is 7.35. The number of amides is 1. The molecule has 1 amide bonds. The van der Waals surface area contributed by atoms with Gasteiger partial charge in [-0.05, 0) is 44.5 Å². The molecule has 0 aliphatic carbocycles. The number of nitrogens with two attached hydrogens (primary N) is 1. The number of aromatic nitrogens is 1. The fraction of sp³-hybridized carbons (Fsp3) is 0.211. The second kappa shape index (κ2) is 7.51. The molecular weight excluding hydrogens is 388 g/mol. The standard InChI is InChI=1S/C19H17F2N3O3S/c1-8-7-9(2)23-18-13(8)14(22)16(28-18)19(26)27-10(3)17(25)24-15-11(20)5-4-6-12(15)21/h4-7,10H,22H2,1-3H3,(H,24,25)/t10-/m0/s1. The zero-order valence-corrected chi connectivity index (χ0v) is 16.1. The van der Waals surface area contributed by atoms with Crippen LogP contribution in [0.5, 0.6) is 0 Å². The lowest BCUT2D eigenvalue weighted by atomic mass is 10.1. The first-order chi connectivity index (χ1) is 13.2. The minimum Gasteiger partial charge on any atom is -0.448 e. The van der Waals surface area contributed by atoms with Gasteiger partial charge < -0.3 is 15.8 Å². The third kappa shape index (κ3) is 3.65. The molecule has 0 aliphatic heterocycles. The number of pyridine rings is 1. The van der Waals surface area contributed by atoms with Crippen molar-refractivity contribution in [3.8, 4) is 0 Å². The van der Waals surface area contributed by atoms with E-state index >= 15 is 0 Å². The molecule has 1 aromatic carbocycles. The van der Waals surface area contributed by atoms with E-state index in [1.165, 1.54) is 13.0 Å². The number of nitrogens with one attached hydrogen (secondary N) is 1. The number of esters is 1. The summed E-state index contributed by atoms with van der Waals surface area (Å²) in [6, 6.07) is 5.03. The number of thiophene rings is 1. The molecule has 9 heteroatoms. The Kier molecular flexibility index (Phi) is 5.28. The lowest BCUT2D eigenvalue weighted by molar-refractivity contribution is -0.123. The van der Waals surface area contributed by atoms with Crippen LogP contribution in [0.1, 0.15) is 27.9 Å². The quantitative estimate of drug-likeness (QED) is 0.641. The molecule has 0 saturated heterocycles. The molecule has 0 radical (unpaired) electrons. The topological polar surface area (TPSA) is 94.3 Å². The number of rotatable bonds is 4. The van der Waals surface area contributed by atoms with Crippen molar-refractivity contribution in [1.29, 1.82) is 0 Å². The van der Waals surface area contributed by atoms with Gasteiger partial charge in [0.15, 0.2) is 6.10 Å². The van der Waals surface area contributed by atoms with Crippen LogP contribution < -0.4 is 11.1 Å². The summed E-state index contributed by atoms with van der Waals surface area (Å²) in [5.74, 6) is -3.55. The van der Waals surface area contributed by atoms with Crippen molar-refractivity contribution >= 4 is 44.8 Å². The number of ether oxygens (including phenoxy) is 1. The fourth-order valence-corrected chi connectivity index (χ4v) is 3.83. The zero-order chi connectivity index (χ0) is 20.6. The van der Waals surface area contributed by atoms with E-state index in [-0.39, 0.29) is 10.6 Å². The summed E-state index contributed by atoms with van der Waals surface area (Å²) in [6.45, 7) is 4.98. The van der Waals surface area contributed by atoms with Crippen LogP contribution in [0.4, 0.5) is 20.2 Å². The molecule has 6 nitrogen and oxygen atoms in total. The van der Waals surface area contributed by atoms with E-state index in [1.807, 2.05) is 19.9 Å². The molecule has 0 aliphatic rings. The average Bonchev–Trinajstić information content (AvgIpc) is 2.94. The first-order valence-electron chi connectivity index (χ1n) is 8.31. The molecule has 3 N–H and O–H groups in total. The highest BCUT2D eigenvalue weighted by atomic mass is 32.1. The van der Waals surface area contributed by atoms with Gasteiger partial charge in [-0.1, -0.05) is 6.07 Å². The minimum absolute atomic E-state index is 0.118. The average molecular weight is 405 g/mol. The van der Waals surface area contributed by atoms with Gasteiger partial charge in [0.1, 0.15) is 27.0 Å². The van der Waals surface area contributed by atoms with Crippen molar-refractivity contribution in [2.75, 3.05) is 11.1 Å². The van der Waals surface area contributed by atoms with E-state index in [4.69, 9.17) is 10.5 Å². The summed E-state index contributed by atoms with van der Waals surface area (Å²) in [5, 5.41) is 2.75. The van der Waals surface area contributed by atoms with Crippen molar-refractivity contribution in [2.45, 2.75) is 26.9 Å². The van der Waals surface area contributed by atoms with Crippen LogP contribution in [0, 0.1) is 25.5 Å². The summed E-state index contributed by atoms with van der Waals surface area (Å²) < 4.78 is 32.5. The number of fused-ring (bicyclic) bond motifs is 1. The SMILES string of the molecule is Cc1cc(C)c2c(N)c(C(=O)O[C@@H](C)C(=O)Nc3c(F)cccc3F)sc2n1. The van der Waals surface area contributed by atoms with Crippen molar-refractivity contribution in [3.63, 3.8) is 0 Å². The molecule has 28 heavy (non-hydrogen) atoms. The number of carbonyl (C=O) groups is 2. The normalized spacial score (nSPS) is 12.0. The van der Waals surface area contributed by atoms with E-state index in [0.717, 1.165) is 34.7 Å². The largest absolute Gasteiger partial charge is 0.448 e. The van der Waals surface area contributed by atoms with Gasteiger partial charge in [-0.15, -0.1) is 11.3 Å². The monoisotopic (exact) mass is 405 g/mol. The van der Waals surface area contributed by atoms with Gasteiger partial charge in [-0.25, -0.2) is 18.6 Å². The Morgan fingerprint density at radius 3 is 2.54 bits per heavy atom. The van der Waals surface area contributed by atoms with Crippen LogP contribution in [0.15, 0.2) is 24.3 Å². The van der Waals surface area contributed by atoms with E-state index in [0.29, 0.717) is 10.2 Å². The first kappa shape index (κ1) is 19.7. The molecule has 146 valence electrons. The molecular formula is C19H17F2N3O3S.